The molecule has 0 saturated carbocycles. The maximum Gasteiger partial charge on any atom is 0.166 e. The fourth-order valence-corrected chi connectivity index (χ4v) is 1.64. The maximum atomic E-state index is 13.4. The molecule has 0 aromatic heterocycles. The minimum Gasteiger partial charge on any atom is -0.490 e. The van der Waals surface area contributed by atoms with Gasteiger partial charge in [0.1, 0.15) is 0 Å². The highest BCUT2D eigenvalue weighted by molar-refractivity contribution is 9.10. The molecule has 0 bridgehead atoms. The van der Waals surface area contributed by atoms with Gasteiger partial charge in [0.05, 0.1) is 6.61 Å². The summed E-state index contributed by atoms with van der Waals surface area (Å²) in [5.74, 6) is -0.0212. The molecule has 0 saturated heterocycles. The zero-order valence-corrected chi connectivity index (χ0v) is 12.1. The molecule has 17 heavy (non-hydrogen) atoms. The lowest BCUT2D eigenvalue weighted by Gasteiger charge is -2.20. The molecule has 96 valence electrons. The summed E-state index contributed by atoms with van der Waals surface area (Å²) in [7, 11) is 0. The van der Waals surface area contributed by atoms with E-state index in [0.29, 0.717) is 12.4 Å². The van der Waals surface area contributed by atoms with Crippen molar-refractivity contribution in [1.29, 1.82) is 0 Å². The topological polar surface area (TPSA) is 21.3 Å². The molecule has 0 fully saturated rings. The van der Waals surface area contributed by atoms with E-state index in [1.54, 1.807) is 12.1 Å². The Morgan fingerprint density at radius 1 is 1.35 bits per heavy atom. The van der Waals surface area contributed by atoms with Gasteiger partial charge in [-0.25, -0.2) is 4.39 Å². The monoisotopic (exact) mass is 303 g/mol. The van der Waals surface area contributed by atoms with Gasteiger partial charge in [0.2, 0.25) is 0 Å². The van der Waals surface area contributed by atoms with E-state index in [0.717, 1.165) is 17.4 Å². The Labute approximate surface area is 111 Å². The van der Waals surface area contributed by atoms with E-state index >= 15 is 0 Å². The number of rotatable bonds is 5. The van der Waals surface area contributed by atoms with Crippen LogP contribution in [-0.4, -0.2) is 18.7 Å². The van der Waals surface area contributed by atoms with Crippen LogP contribution in [0.2, 0.25) is 0 Å². The third-order valence-corrected chi connectivity index (χ3v) is 2.62. The van der Waals surface area contributed by atoms with Gasteiger partial charge in [-0.15, -0.1) is 0 Å². The minimum absolute atomic E-state index is 0.114. The number of hydrogen-bond acceptors (Lipinski definition) is 2. The molecule has 0 aliphatic carbocycles. The summed E-state index contributed by atoms with van der Waals surface area (Å²) in [6.45, 7) is 7.72. The number of hydrogen-bond donors (Lipinski definition) is 1. The Morgan fingerprint density at radius 2 is 2.06 bits per heavy atom. The van der Waals surface area contributed by atoms with E-state index in [1.165, 1.54) is 6.07 Å². The summed E-state index contributed by atoms with van der Waals surface area (Å²) >= 11 is 3.21. The standard InChI is InChI=1S/C13H19BrFNO/c1-13(2,3)16-7-4-8-17-12-6-5-10(14)9-11(12)15/h5-6,9,16H,4,7-8H2,1-3H3. The first-order valence-corrected chi connectivity index (χ1v) is 6.51. The largest absolute Gasteiger partial charge is 0.490 e. The average Bonchev–Trinajstić information content (AvgIpc) is 2.18. The fourth-order valence-electron chi connectivity index (χ4n) is 1.31. The van der Waals surface area contributed by atoms with Crippen molar-refractivity contribution in [3.05, 3.63) is 28.5 Å². The highest BCUT2D eigenvalue weighted by Crippen LogP contribution is 2.21. The molecule has 0 spiro atoms. The van der Waals surface area contributed by atoms with Crippen molar-refractivity contribution in [2.75, 3.05) is 13.2 Å². The van der Waals surface area contributed by atoms with Crippen LogP contribution >= 0.6 is 15.9 Å². The molecular formula is C13H19BrFNO. The van der Waals surface area contributed by atoms with Gasteiger partial charge in [-0.3, -0.25) is 0 Å². The smallest absolute Gasteiger partial charge is 0.166 e. The van der Waals surface area contributed by atoms with E-state index in [9.17, 15) is 4.39 Å². The normalized spacial score (nSPS) is 11.6. The molecule has 1 rings (SSSR count). The summed E-state index contributed by atoms with van der Waals surface area (Å²) in [6, 6.07) is 4.81. The lowest BCUT2D eigenvalue weighted by Crippen LogP contribution is -2.36. The molecule has 0 aliphatic rings. The van der Waals surface area contributed by atoms with Crippen molar-refractivity contribution >= 4 is 15.9 Å². The van der Waals surface area contributed by atoms with Crippen LogP contribution in [0.3, 0.4) is 0 Å². The molecule has 2 nitrogen and oxygen atoms in total. The van der Waals surface area contributed by atoms with E-state index < -0.39 is 0 Å². The Kier molecular flexibility index (Phi) is 5.40. The molecule has 0 atom stereocenters. The quantitative estimate of drug-likeness (QED) is 0.837. The minimum atomic E-state index is -0.330. The number of halogens is 2. The van der Waals surface area contributed by atoms with Gasteiger partial charge in [0.15, 0.2) is 11.6 Å². The average molecular weight is 304 g/mol. The third kappa shape index (κ3) is 6.03. The van der Waals surface area contributed by atoms with Gasteiger partial charge >= 0.3 is 0 Å². The molecule has 1 N–H and O–H groups in total. The first kappa shape index (κ1) is 14.5. The molecule has 1 aromatic rings. The fraction of sp³-hybridized carbons (Fsp3) is 0.538. The lowest BCUT2D eigenvalue weighted by molar-refractivity contribution is 0.285. The molecule has 0 amide bonds. The van der Waals surface area contributed by atoms with Crippen molar-refractivity contribution in [2.24, 2.45) is 0 Å². The first-order valence-electron chi connectivity index (χ1n) is 5.71. The van der Waals surface area contributed by atoms with Crippen LogP contribution in [0.4, 0.5) is 4.39 Å². The van der Waals surface area contributed by atoms with Crippen LogP contribution in [-0.2, 0) is 0 Å². The van der Waals surface area contributed by atoms with Gasteiger partial charge < -0.3 is 10.1 Å². The molecular weight excluding hydrogens is 285 g/mol. The zero-order chi connectivity index (χ0) is 12.9. The van der Waals surface area contributed by atoms with E-state index in [-0.39, 0.29) is 11.4 Å². The molecule has 1 aromatic carbocycles. The van der Waals surface area contributed by atoms with E-state index in [1.807, 2.05) is 0 Å². The number of benzene rings is 1. The lowest BCUT2D eigenvalue weighted by atomic mass is 10.1. The van der Waals surface area contributed by atoms with Crippen LogP contribution in [0.5, 0.6) is 5.75 Å². The van der Waals surface area contributed by atoms with Crippen molar-refractivity contribution in [3.8, 4) is 5.75 Å². The van der Waals surface area contributed by atoms with Gasteiger partial charge in [0.25, 0.3) is 0 Å². The maximum absolute atomic E-state index is 13.4. The molecule has 0 unspecified atom stereocenters. The van der Waals surface area contributed by atoms with Crippen molar-refractivity contribution in [2.45, 2.75) is 32.7 Å². The number of ether oxygens (including phenoxy) is 1. The molecule has 4 heteroatoms. The summed E-state index contributed by atoms with van der Waals surface area (Å²) in [4.78, 5) is 0. The second-order valence-electron chi connectivity index (χ2n) is 4.95. The number of nitrogens with one attached hydrogen (secondary N) is 1. The molecule has 0 heterocycles. The van der Waals surface area contributed by atoms with Gasteiger partial charge in [0, 0.05) is 10.0 Å². The zero-order valence-electron chi connectivity index (χ0n) is 10.5. The highest BCUT2D eigenvalue weighted by atomic mass is 79.9. The highest BCUT2D eigenvalue weighted by Gasteiger charge is 2.07. The van der Waals surface area contributed by atoms with Crippen molar-refractivity contribution in [3.63, 3.8) is 0 Å². The molecule has 0 aliphatic heterocycles. The van der Waals surface area contributed by atoms with Crippen molar-refractivity contribution < 1.29 is 9.13 Å². The van der Waals surface area contributed by atoms with Crippen molar-refractivity contribution in [1.82, 2.24) is 5.32 Å². The first-order chi connectivity index (χ1) is 7.88. The van der Waals surface area contributed by atoms with Crippen LogP contribution in [0.1, 0.15) is 27.2 Å². The Bertz CT molecular complexity index is 363. The van der Waals surface area contributed by atoms with Gasteiger partial charge in [-0.05, 0) is 51.9 Å². The summed E-state index contributed by atoms with van der Waals surface area (Å²) in [5.41, 5.74) is 0.114. The second-order valence-corrected chi connectivity index (χ2v) is 5.87. The predicted octanol–water partition coefficient (Wildman–Crippen LogP) is 3.75. The van der Waals surface area contributed by atoms with E-state index in [2.05, 4.69) is 42.0 Å². The Morgan fingerprint density at radius 3 is 2.65 bits per heavy atom. The summed E-state index contributed by atoms with van der Waals surface area (Å²) in [5, 5.41) is 3.35. The van der Waals surface area contributed by atoms with Crippen LogP contribution in [0.25, 0.3) is 0 Å². The predicted molar refractivity (Wildman–Crippen MR) is 72.0 cm³/mol. The Balaban J connectivity index is 2.27. The summed E-state index contributed by atoms with van der Waals surface area (Å²) in [6.07, 6.45) is 0.854. The Hall–Kier alpha value is -0.610. The van der Waals surface area contributed by atoms with Gasteiger partial charge in [-0.1, -0.05) is 15.9 Å². The van der Waals surface area contributed by atoms with E-state index in [4.69, 9.17) is 4.74 Å². The van der Waals surface area contributed by atoms with Crippen LogP contribution in [0, 0.1) is 5.82 Å². The summed E-state index contributed by atoms with van der Waals surface area (Å²) < 4.78 is 19.5. The van der Waals surface area contributed by atoms with Crippen LogP contribution in [0.15, 0.2) is 22.7 Å². The van der Waals surface area contributed by atoms with Crippen LogP contribution < -0.4 is 10.1 Å². The SMILES string of the molecule is CC(C)(C)NCCCOc1ccc(Br)cc1F. The third-order valence-electron chi connectivity index (χ3n) is 2.13. The second kappa shape index (κ2) is 6.36. The molecule has 0 radical (unpaired) electrons. The van der Waals surface area contributed by atoms with Gasteiger partial charge in [-0.2, -0.15) is 0 Å².